The Morgan fingerprint density at radius 1 is 0.875 bits per heavy atom. The summed E-state index contributed by atoms with van der Waals surface area (Å²) in [5, 5.41) is 16.9. The number of nitrogens with one attached hydrogen (secondary N) is 1. The van der Waals surface area contributed by atoms with E-state index in [0.29, 0.717) is 16.5 Å². The molecule has 0 fully saturated rings. The molecule has 1 aliphatic rings. The second kappa shape index (κ2) is 6.37. The monoisotopic (exact) mass is 424 g/mol. The minimum atomic E-state index is -0.480. The first kappa shape index (κ1) is 18.5. The fourth-order valence-corrected chi connectivity index (χ4v) is 4.91. The lowest BCUT2D eigenvalue weighted by atomic mass is 9.93. The van der Waals surface area contributed by atoms with E-state index in [2.05, 4.69) is 5.32 Å². The number of hydrogen-bond donors (Lipinski definition) is 2. The Balaban J connectivity index is 1.80. The highest BCUT2D eigenvalue weighted by Gasteiger charge is 2.33. The fourth-order valence-electron chi connectivity index (χ4n) is 4.91. The molecule has 0 radical (unpaired) electrons. The second-order valence-corrected chi connectivity index (χ2v) is 8.17. The summed E-state index contributed by atoms with van der Waals surface area (Å²) >= 11 is 0. The van der Waals surface area contributed by atoms with Crippen LogP contribution in [0.4, 0.5) is 5.69 Å². The molecule has 0 aliphatic carbocycles. The number of para-hydroxylation sites is 2. The van der Waals surface area contributed by atoms with E-state index in [1.54, 1.807) is 19.3 Å². The van der Waals surface area contributed by atoms with Crippen LogP contribution in [-0.4, -0.2) is 18.8 Å². The van der Waals surface area contributed by atoms with Crippen molar-refractivity contribution >= 4 is 27.4 Å². The number of anilines is 1. The Kier molecular flexibility index (Phi) is 3.68. The van der Waals surface area contributed by atoms with Crippen LogP contribution in [0, 0.1) is 0 Å². The first-order chi connectivity index (χ1) is 15.5. The molecule has 2 aromatic heterocycles. The van der Waals surface area contributed by atoms with Crippen molar-refractivity contribution in [2.45, 2.75) is 6.04 Å². The maximum Gasteiger partial charge on any atom is 0.331 e. The minimum Gasteiger partial charge on any atom is -0.508 e. The summed E-state index contributed by atoms with van der Waals surface area (Å²) in [5.74, 6) is 0.148. The van der Waals surface area contributed by atoms with Gasteiger partial charge in [0.2, 0.25) is 0 Å². The summed E-state index contributed by atoms with van der Waals surface area (Å²) in [5.41, 5.74) is 3.01. The van der Waals surface area contributed by atoms with Crippen molar-refractivity contribution in [3.8, 4) is 11.4 Å². The van der Waals surface area contributed by atoms with Crippen LogP contribution in [0.15, 0.2) is 76.4 Å². The van der Waals surface area contributed by atoms with Crippen LogP contribution in [0.25, 0.3) is 27.4 Å². The van der Waals surface area contributed by atoms with Crippen molar-refractivity contribution in [1.82, 2.24) is 13.7 Å². The standard InChI is InChI=1S/C25H20N4O3/c1-27-22-16(24(31)28(2)25(27)32)13-29-18-10-6-5-9-17(18)26-21(23(22)29)20-15-8-4-3-7-14(15)11-12-19(20)30/h3-13,21,26,30H,1-2H3/t21-/m0/s1. The van der Waals surface area contributed by atoms with Gasteiger partial charge in [-0.3, -0.25) is 13.9 Å². The van der Waals surface area contributed by atoms with Gasteiger partial charge in [0.1, 0.15) is 5.75 Å². The molecule has 0 amide bonds. The molecule has 5 aromatic rings. The third-order valence-electron chi connectivity index (χ3n) is 6.43. The van der Waals surface area contributed by atoms with Gasteiger partial charge in [-0.2, -0.15) is 0 Å². The van der Waals surface area contributed by atoms with E-state index in [-0.39, 0.29) is 11.3 Å². The van der Waals surface area contributed by atoms with Gasteiger partial charge in [0, 0.05) is 25.9 Å². The van der Waals surface area contributed by atoms with Gasteiger partial charge in [0.05, 0.1) is 34.0 Å². The average Bonchev–Trinajstić information content (AvgIpc) is 3.22. The third kappa shape index (κ3) is 2.30. The summed E-state index contributed by atoms with van der Waals surface area (Å²) in [4.78, 5) is 25.8. The third-order valence-corrected chi connectivity index (χ3v) is 6.43. The number of phenolic OH excluding ortho intramolecular Hbond substituents is 1. The molecule has 158 valence electrons. The molecule has 0 spiro atoms. The van der Waals surface area contributed by atoms with Crippen LogP contribution in [-0.2, 0) is 14.1 Å². The number of rotatable bonds is 1. The zero-order valence-electron chi connectivity index (χ0n) is 17.5. The summed E-state index contributed by atoms with van der Waals surface area (Å²) in [7, 11) is 3.16. The maximum atomic E-state index is 13.0. The smallest absolute Gasteiger partial charge is 0.331 e. The predicted molar refractivity (Wildman–Crippen MR) is 125 cm³/mol. The van der Waals surface area contributed by atoms with Gasteiger partial charge in [-0.05, 0) is 29.0 Å². The number of nitrogens with zero attached hydrogens (tertiary/aromatic N) is 3. The van der Waals surface area contributed by atoms with Crippen LogP contribution in [0.5, 0.6) is 5.75 Å². The van der Waals surface area contributed by atoms with Gasteiger partial charge >= 0.3 is 5.69 Å². The molecular weight excluding hydrogens is 404 g/mol. The van der Waals surface area contributed by atoms with E-state index in [0.717, 1.165) is 32.4 Å². The molecule has 0 saturated carbocycles. The van der Waals surface area contributed by atoms with E-state index in [4.69, 9.17) is 0 Å². The Morgan fingerprint density at radius 2 is 1.62 bits per heavy atom. The normalized spacial score (nSPS) is 14.9. The van der Waals surface area contributed by atoms with Gasteiger partial charge in [0.15, 0.2) is 0 Å². The molecular formula is C25H20N4O3. The molecule has 7 nitrogen and oxygen atoms in total. The summed E-state index contributed by atoms with van der Waals surface area (Å²) in [6.07, 6.45) is 1.79. The molecule has 0 saturated heterocycles. The van der Waals surface area contributed by atoms with Crippen molar-refractivity contribution in [1.29, 1.82) is 0 Å². The fraction of sp³-hybridized carbons (Fsp3) is 0.120. The van der Waals surface area contributed by atoms with Gasteiger partial charge in [-0.15, -0.1) is 0 Å². The van der Waals surface area contributed by atoms with Crippen LogP contribution in [0.1, 0.15) is 17.3 Å². The lowest BCUT2D eigenvalue weighted by Gasteiger charge is -2.31. The number of fused-ring (bicyclic) bond motifs is 6. The molecule has 0 bridgehead atoms. The van der Waals surface area contributed by atoms with Crippen LogP contribution >= 0.6 is 0 Å². The van der Waals surface area contributed by atoms with Crippen molar-refractivity contribution in [3.63, 3.8) is 0 Å². The highest BCUT2D eigenvalue weighted by Crippen LogP contribution is 2.44. The zero-order valence-corrected chi connectivity index (χ0v) is 17.5. The van der Waals surface area contributed by atoms with E-state index in [1.807, 2.05) is 59.2 Å². The minimum absolute atomic E-state index is 0.148. The van der Waals surface area contributed by atoms with Crippen LogP contribution in [0.3, 0.4) is 0 Å². The number of aromatic nitrogens is 3. The quantitative estimate of drug-likeness (QED) is 0.432. The van der Waals surface area contributed by atoms with E-state index in [9.17, 15) is 14.7 Å². The first-order valence-electron chi connectivity index (χ1n) is 10.3. The Morgan fingerprint density at radius 3 is 2.47 bits per heavy atom. The van der Waals surface area contributed by atoms with E-state index < -0.39 is 11.7 Å². The molecule has 7 heteroatoms. The molecule has 1 aliphatic heterocycles. The number of hydrogen-bond acceptors (Lipinski definition) is 4. The highest BCUT2D eigenvalue weighted by atomic mass is 16.3. The maximum absolute atomic E-state index is 13.0. The van der Waals surface area contributed by atoms with Crippen molar-refractivity contribution < 1.29 is 5.11 Å². The first-order valence-corrected chi connectivity index (χ1v) is 10.3. The highest BCUT2D eigenvalue weighted by molar-refractivity contribution is 5.92. The molecule has 0 unspecified atom stereocenters. The van der Waals surface area contributed by atoms with Crippen LogP contribution < -0.4 is 16.6 Å². The Hall–Kier alpha value is -4.26. The Labute approximate surface area is 182 Å². The van der Waals surface area contributed by atoms with Crippen molar-refractivity contribution in [2.75, 3.05) is 5.32 Å². The van der Waals surface area contributed by atoms with E-state index in [1.165, 1.54) is 11.6 Å². The van der Waals surface area contributed by atoms with Crippen LogP contribution in [0.2, 0.25) is 0 Å². The molecule has 1 atom stereocenters. The van der Waals surface area contributed by atoms with Gasteiger partial charge in [0.25, 0.3) is 5.56 Å². The number of benzene rings is 3. The molecule has 6 rings (SSSR count). The van der Waals surface area contributed by atoms with Crippen molar-refractivity contribution in [3.05, 3.63) is 99.0 Å². The zero-order chi connectivity index (χ0) is 22.1. The lowest BCUT2D eigenvalue weighted by molar-refractivity contribution is 0.467. The number of aryl methyl sites for hydroxylation is 1. The van der Waals surface area contributed by atoms with Gasteiger partial charge < -0.3 is 15.0 Å². The van der Waals surface area contributed by atoms with Gasteiger partial charge in [-0.1, -0.05) is 42.5 Å². The lowest BCUT2D eigenvalue weighted by Crippen LogP contribution is -2.37. The summed E-state index contributed by atoms with van der Waals surface area (Å²) in [6.45, 7) is 0. The second-order valence-electron chi connectivity index (χ2n) is 8.17. The Bertz CT molecular complexity index is 1690. The average molecular weight is 424 g/mol. The number of aromatic hydroxyl groups is 1. The van der Waals surface area contributed by atoms with Crippen molar-refractivity contribution in [2.24, 2.45) is 14.1 Å². The molecule has 32 heavy (non-hydrogen) atoms. The molecule has 3 aromatic carbocycles. The van der Waals surface area contributed by atoms with Gasteiger partial charge in [-0.25, -0.2) is 4.79 Å². The number of phenols is 1. The molecule has 3 heterocycles. The largest absolute Gasteiger partial charge is 0.508 e. The SMILES string of the molecule is Cn1c(=O)c2cn3c(c2n(C)c1=O)[C@H](c1c(O)ccc2ccccc12)Nc1ccccc1-3. The summed E-state index contributed by atoms with van der Waals surface area (Å²) in [6, 6.07) is 18.8. The topological polar surface area (TPSA) is 81.2 Å². The van der Waals surface area contributed by atoms with E-state index >= 15 is 0 Å². The predicted octanol–water partition coefficient (Wildman–Crippen LogP) is 3.40. The molecule has 2 N–H and O–H groups in total. The summed E-state index contributed by atoms with van der Waals surface area (Å²) < 4.78 is 4.59.